The highest BCUT2D eigenvalue weighted by Crippen LogP contribution is 2.21. The number of aryl methyl sites for hydroxylation is 1. The summed E-state index contributed by atoms with van der Waals surface area (Å²) in [5.41, 5.74) is 0. The van der Waals surface area contributed by atoms with E-state index in [9.17, 15) is 0 Å². The number of fused-ring (bicyclic) bond motifs is 1. The second-order valence-electron chi connectivity index (χ2n) is 5.64. The van der Waals surface area contributed by atoms with Crippen molar-refractivity contribution in [3.05, 3.63) is 5.82 Å². The van der Waals surface area contributed by atoms with Crippen LogP contribution in [0.1, 0.15) is 31.5 Å². The van der Waals surface area contributed by atoms with E-state index in [1.165, 1.54) is 31.5 Å². The van der Waals surface area contributed by atoms with E-state index in [0.29, 0.717) is 5.92 Å². The second-order valence-corrected chi connectivity index (χ2v) is 6.71. The summed E-state index contributed by atoms with van der Waals surface area (Å²) >= 11 is 1.83. The predicted octanol–water partition coefficient (Wildman–Crippen LogP) is 1.72. The van der Waals surface area contributed by atoms with Crippen LogP contribution in [0.25, 0.3) is 0 Å². The Morgan fingerprint density at radius 2 is 2.30 bits per heavy atom. The van der Waals surface area contributed by atoms with Crippen LogP contribution in [0.5, 0.6) is 0 Å². The van der Waals surface area contributed by atoms with Crippen molar-refractivity contribution < 1.29 is 4.74 Å². The Hall–Kier alpha value is -0.590. The molecule has 2 aliphatic heterocycles. The highest BCUT2D eigenvalue weighted by Gasteiger charge is 2.16. The van der Waals surface area contributed by atoms with Crippen molar-refractivity contribution in [3.63, 3.8) is 0 Å². The lowest BCUT2D eigenvalue weighted by molar-refractivity contribution is 0.185. The molecule has 0 saturated carbocycles. The molecular formula is C14H24N4OS. The number of nitrogens with zero attached hydrogens (tertiary/aromatic N) is 3. The summed E-state index contributed by atoms with van der Waals surface area (Å²) in [6.45, 7) is 5.07. The fraction of sp³-hybridized carbons (Fsp3) is 0.857. The first kappa shape index (κ1) is 14.4. The van der Waals surface area contributed by atoms with Gasteiger partial charge in [0.05, 0.1) is 6.61 Å². The molecule has 112 valence electrons. The molecule has 20 heavy (non-hydrogen) atoms. The molecule has 1 fully saturated rings. The molecule has 1 N–H and O–H groups in total. The van der Waals surface area contributed by atoms with Crippen LogP contribution in [0.2, 0.25) is 0 Å². The van der Waals surface area contributed by atoms with Gasteiger partial charge in [0.15, 0.2) is 5.16 Å². The van der Waals surface area contributed by atoms with E-state index < -0.39 is 0 Å². The Morgan fingerprint density at radius 1 is 1.30 bits per heavy atom. The molecular weight excluding hydrogens is 272 g/mol. The van der Waals surface area contributed by atoms with Crippen LogP contribution in [0.4, 0.5) is 0 Å². The summed E-state index contributed by atoms with van der Waals surface area (Å²) in [4.78, 5) is 0. The fourth-order valence-electron chi connectivity index (χ4n) is 2.83. The van der Waals surface area contributed by atoms with Crippen molar-refractivity contribution >= 4 is 11.8 Å². The highest BCUT2D eigenvalue weighted by molar-refractivity contribution is 7.99. The van der Waals surface area contributed by atoms with Crippen molar-refractivity contribution in [2.24, 2.45) is 5.92 Å². The van der Waals surface area contributed by atoms with Gasteiger partial charge in [-0.2, -0.15) is 0 Å². The van der Waals surface area contributed by atoms with Gasteiger partial charge in [0.25, 0.3) is 0 Å². The van der Waals surface area contributed by atoms with Gasteiger partial charge in [0.1, 0.15) is 5.82 Å². The van der Waals surface area contributed by atoms with Gasteiger partial charge in [-0.25, -0.2) is 0 Å². The molecule has 0 spiro atoms. The molecule has 0 aliphatic carbocycles. The van der Waals surface area contributed by atoms with Gasteiger partial charge in [-0.3, -0.25) is 0 Å². The third-order valence-corrected chi connectivity index (χ3v) is 5.01. The molecule has 1 aromatic rings. The summed E-state index contributed by atoms with van der Waals surface area (Å²) in [5, 5.41) is 13.3. The molecule has 3 heterocycles. The van der Waals surface area contributed by atoms with Crippen molar-refractivity contribution in [2.45, 2.75) is 43.8 Å². The van der Waals surface area contributed by atoms with Gasteiger partial charge in [-0.1, -0.05) is 18.2 Å². The number of ether oxygens (including phenoxy) is 1. The van der Waals surface area contributed by atoms with E-state index in [2.05, 4.69) is 20.1 Å². The molecule has 0 radical (unpaired) electrons. The number of nitrogens with one attached hydrogen (secondary N) is 1. The van der Waals surface area contributed by atoms with E-state index in [-0.39, 0.29) is 0 Å². The molecule has 2 aliphatic rings. The first-order valence-electron chi connectivity index (χ1n) is 7.77. The van der Waals surface area contributed by atoms with Crippen LogP contribution in [-0.4, -0.2) is 46.8 Å². The van der Waals surface area contributed by atoms with Crippen LogP contribution in [0, 0.1) is 5.92 Å². The third-order valence-electron chi connectivity index (χ3n) is 4.04. The lowest BCUT2D eigenvalue weighted by Crippen LogP contribution is -2.25. The van der Waals surface area contributed by atoms with Gasteiger partial charge >= 0.3 is 0 Å². The van der Waals surface area contributed by atoms with Crippen molar-refractivity contribution in [1.82, 2.24) is 20.1 Å². The predicted molar refractivity (Wildman–Crippen MR) is 80.1 cm³/mol. The number of hydrogen-bond acceptors (Lipinski definition) is 5. The molecule has 1 unspecified atom stereocenters. The molecule has 1 saturated heterocycles. The minimum Gasteiger partial charge on any atom is -0.381 e. The smallest absolute Gasteiger partial charge is 0.191 e. The number of rotatable bonds is 6. The van der Waals surface area contributed by atoms with Crippen LogP contribution < -0.4 is 5.32 Å². The monoisotopic (exact) mass is 296 g/mol. The number of thioether (sulfide) groups is 1. The molecule has 0 amide bonds. The molecule has 6 heteroatoms. The zero-order valence-corrected chi connectivity index (χ0v) is 12.8. The topological polar surface area (TPSA) is 52.0 Å². The Kier molecular flexibility index (Phi) is 5.33. The van der Waals surface area contributed by atoms with Gasteiger partial charge in [-0.15, -0.1) is 10.2 Å². The fourth-order valence-corrected chi connectivity index (χ4v) is 3.71. The van der Waals surface area contributed by atoms with Gasteiger partial charge in [0, 0.05) is 38.4 Å². The van der Waals surface area contributed by atoms with Crippen molar-refractivity contribution in [3.8, 4) is 0 Å². The molecule has 0 aromatic carbocycles. The summed E-state index contributed by atoms with van der Waals surface area (Å²) in [7, 11) is 0. The highest BCUT2D eigenvalue weighted by atomic mass is 32.2. The van der Waals surface area contributed by atoms with E-state index in [1.807, 2.05) is 11.8 Å². The average molecular weight is 296 g/mol. The van der Waals surface area contributed by atoms with E-state index in [4.69, 9.17) is 4.74 Å². The minimum absolute atomic E-state index is 0.712. The van der Waals surface area contributed by atoms with Gasteiger partial charge in [-0.05, 0) is 25.2 Å². The largest absolute Gasteiger partial charge is 0.381 e. The van der Waals surface area contributed by atoms with Crippen molar-refractivity contribution in [1.29, 1.82) is 0 Å². The third kappa shape index (κ3) is 3.74. The van der Waals surface area contributed by atoms with Gasteiger partial charge in [0.2, 0.25) is 0 Å². The molecule has 5 nitrogen and oxygen atoms in total. The SMILES string of the molecule is C1CCc2nnc(SCCNCC3CCOC3)n2CC1. The summed E-state index contributed by atoms with van der Waals surface area (Å²) in [5.74, 6) is 2.96. The Balaban J connectivity index is 1.39. The molecule has 1 aromatic heterocycles. The number of hydrogen-bond donors (Lipinski definition) is 1. The Bertz CT molecular complexity index is 417. The van der Waals surface area contributed by atoms with Crippen LogP contribution >= 0.6 is 11.8 Å². The lowest BCUT2D eigenvalue weighted by atomic mass is 10.1. The van der Waals surface area contributed by atoms with E-state index >= 15 is 0 Å². The Labute approximate surface area is 124 Å². The summed E-state index contributed by atoms with van der Waals surface area (Å²) in [6, 6.07) is 0. The van der Waals surface area contributed by atoms with E-state index in [0.717, 1.165) is 50.2 Å². The summed E-state index contributed by atoms with van der Waals surface area (Å²) in [6.07, 6.45) is 6.14. The van der Waals surface area contributed by atoms with Crippen molar-refractivity contribution in [2.75, 3.05) is 32.1 Å². The second kappa shape index (κ2) is 7.43. The van der Waals surface area contributed by atoms with Gasteiger partial charge < -0.3 is 14.6 Å². The lowest BCUT2D eigenvalue weighted by Gasteiger charge is -2.09. The van der Waals surface area contributed by atoms with Crippen LogP contribution in [-0.2, 0) is 17.7 Å². The maximum Gasteiger partial charge on any atom is 0.191 e. The zero-order valence-electron chi connectivity index (χ0n) is 12.0. The standard InChI is InChI=1S/C14H24N4OS/c1-2-4-13-16-17-14(18(13)7-3-1)20-9-6-15-10-12-5-8-19-11-12/h12,15H,1-11H2. The Morgan fingerprint density at radius 3 is 3.20 bits per heavy atom. The maximum absolute atomic E-state index is 5.38. The molecule has 0 bridgehead atoms. The number of aromatic nitrogens is 3. The molecule has 1 atom stereocenters. The molecule has 3 rings (SSSR count). The first-order chi connectivity index (χ1) is 9.93. The maximum atomic E-state index is 5.38. The minimum atomic E-state index is 0.712. The zero-order chi connectivity index (χ0) is 13.6. The quantitative estimate of drug-likeness (QED) is 0.640. The van der Waals surface area contributed by atoms with Crippen LogP contribution in [0.15, 0.2) is 5.16 Å². The normalized spacial score (nSPS) is 22.7. The van der Waals surface area contributed by atoms with Crippen LogP contribution in [0.3, 0.4) is 0 Å². The van der Waals surface area contributed by atoms with E-state index in [1.54, 1.807) is 0 Å². The first-order valence-corrected chi connectivity index (χ1v) is 8.75. The summed E-state index contributed by atoms with van der Waals surface area (Å²) < 4.78 is 7.70. The average Bonchev–Trinajstić information content (AvgIpc) is 3.04.